The molecule has 0 bridgehead atoms. The largest absolute Gasteiger partial charge is 0.573 e. The average Bonchev–Trinajstić information content (AvgIpc) is 2.73. The first kappa shape index (κ1) is 24.9. The van der Waals surface area contributed by atoms with Crippen LogP contribution in [0.3, 0.4) is 0 Å². The van der Waals surface area contributed by atoms with Crippen LogP contribution in [0.5, 0.6) is 17.2 Å². The fourth-order valence-corrected chi connectivity index (χ4v) is 5.27. The zero-order chi connectivity index (χ0) is 24.5. The number of sulfonamides is 1. The lowest BCUT2D eigenvalue weighted by atomic mass is 9.90. The Bertz CT molecular complexity index is 1140. The maximum Gasteiger partial charge on any atom is 0.573 e. The molecule has 7 nitrogen and oxygen atoms in total. The molecule has 1 saturated heterocycles. The van der Waals surface area contributed by atoms with Crippen molar-refractivity contribution in [1.82, 2.24) is 4.90 Å². The highest BCUT2D eigenvalue weighted by molar-refractivity contribution is 7.89. The fourth-order valence-electron chi connectivity index (χ4n) is 4.34. The predicted molar refractivity (Wildman–Crippen MR) is 119 cm³/mol. The van der Waals surface area contributed by atoms with E-state index in [4.69, 9.17) is 26.2 Å². The van der Waals surface area contributed by atoms with Crippen molar-refractivity contribution in [2.75, 3.05) is 26.2 Å². The summed E-state index contributed by atoms with van der Waals surface area (Å²) in [5, 5.41) is 5.84. The summed E-state index contributed by atoms with van der Waals surface area (Å²) in [5.41, 5.74) is 0.222. The lowest BCUT2D eigenvalue weighted by Gasteiger charge is -2.36. The first-order chi connectivity index (χ1) is 16.0. The topological polar surface area (TPSA) is 91.1 Å². The summed E-state index contributed by atoms with van der Waals surface area (Å²) in [5.74, 6) is 0.875. The standard InChI is InChI=1S/C22H24ClF3N2O5S/c23-16-1-3-19-20(11-16)32-18(13-31-19)12-28-7-5-14(6-8-28)9-15-10-17(33-22(24,25)26)2-4-21(15)34(27,29)30/h1-4,10-11,14,18H,5-9,12-13H2,(H2,27,29,30). The van der Waals surface area contributed by atoms with Crippen LogP contribution in [0.25, 0.3) is 0 Å². The Morgan fingerprint density at radius 2 is 1.85 bits per heavy atom. The van der Waals surface area contributed by atoms with Gasteiger partial charge in [-0.05, 0) is 74.2 Å². The highest BCUT2D eigenvalue weighted by atomic mass is 35.5. The third kappa shape index (κ3) is 6.47. The van der Waals surface area contributed by atoms with Crippen molar-refractivity contribution in [2.24, 2.45) is 11.1 Å². The Balaban J connectivity index is 1.36. The van der Waals surface area contributed by atoms with Crippen LogP contribution in [0, 0.1) is 5.92 Å². The quantitative estimate of drug-likeness (QED) is 0.619. The number of alkyl halides is 3. The number of halogens is 4. The van der Waals surface area contributed by atoms with Gasteiger partial charge in [-0.15, -0.1) is 13.2 Å². The number of nitrogens with two attached hydrogens (primary N) is 1. The Hall–Kier alpha value is -2.21. The van der Waals surface area contributed by atoms with Gasteiger partial charge in [0.2, 0.25) is 10.0 Å². The maximum atomic E-state index is 12.6. The van der Waals surface area contributed by atoms with Crippen LogP contribution < -0.4 is 19.3 Å². The van der Waals surface area contributed by atoms with Gasteiger partial charge >= 0.3 is 6.36 Å². The van der Waals surface area contributed by atoms with Crippen molar-refractivity contribution >= 4 is 21.6 Å². The smallest absolute Gasteiger partial charge is 0.486 e. The molecule has 4 rings (SSSR count). The fraction of sp³-hybridized carbons (Fsp3) is 0.455. The summed E-state index contributed by atoms with van der Waals surface area (Å²) in [6.45, 7) is 2.53. The molecule has 34 heavy (non-hydrogen) atoms. The molecule has 0 amide bonds. The summed E-state index contributed by atoms with van der Waals surface area (Å²) in [6, 6.07) is 8.34. The number of rotatable bonds is 6. The van der Waals surface area contributed by atoms with Gasteiger partial charge in [-0.3, -0.25) is 4.90 Å². The van der Waals surface area contributed by atoms with Gasteiger partial charge in [-0.2, -0.15) is 0 Å². The molecular formula is C22H24ClF3N2O5S. The molecule has 1 unspecified atom stereocenters. The van der Waals surface area contributed by atoms with Gasteiger partial charge in [0, 0.05) is 17.6 Å². The van der Waals surface area contributed by atoms with Crippen LogP contribution in [0.15, 0.2) is 41.3 Å². The monoisotopic (exact) mass is 520 g/mol. The summed E-state index contributed by atoms with van der Waals surface area (Å²) >= 11 is 6.02. The van der Waals surface area contributed by atoms with E-state index in [-0.39, 0.29) is 28.9 Å². The van der Waals surface area contributed by atoms with E-state index in [0.717, 1.165) is 44.1 Å². The van der Waals surface area contributed by atoms with Crippen molar-refractivity contribution in [3.63, 3.8) is 0 Å². The van der Waals surface area contributed by atoms with Crippen LogP contribution in [0.2, 0.25) is 5.02 Å². The molecule has 186 valence electrons. The number of hydrogen-bond acceptors (Lipinski definition) is 6. The minimum atomic E-state index is -4.87. The number of primary sulfonamides is 1. The lowest BCUT2D eigenvalue weighted by molar-refractivity contribution is -0.274. The molecule has 0 aromatic heterocycles. The molecule has 1 fully saturated rings. The Labute approximate surface area is 200 Å². The van der Waals surface area contributed by atoms with E-state index in [1.807, 2.05) is 0 Å². The molecule has 2 aromatic carbocycles. The molecule has 2 heterocycles. The molecule has 12 heteroatoms. The molecule has 0 aliphatic carbocycles. The van der Waals surface area contributed by atoms with E-state index < -0.39 is 22.1 Å². The summed E-state index contributed by atoms with van der Waals surface area (Å²) in [7, 11) is -4.09. The van der Waals surface area contributed by atoms with Crippen LogP contribution in [0.4, 0.5) is 13.2 Å². The van der Waals surface area contributed by atoms with E-state index in [0.29, 0.717) is 29.7 Å². The van der Waals surface area contributed by atoms with Gasteiger partial charge in [-0.1, -0.05) is 11.6 Å². The van der Waals surface area contributed by atoms with Crippen molar-refractivity contribution in [2.45, 2.75) is 36.6 Å². The summed E-state index contributed by atoms with van der Waals surface area (Å²) < 4.78 is 77.4. The molecular weight excluding hydrogens is 497 g/mol. The number of benzene rings is 2. The molecule has 2 aliphatic heterocycles. The third-order valence-electron chi connectivity index (χ3n) is 5.87. The summed E-state index contributed by atoms with van der Waals surface area (Å²) in [6.07, 6.45) is -3.27. The molecule has 2 aromatic rings. The van der Waals surface area contributed by atoms with Crippen LogP contribution >= 0.6 is 11.6 Å². The number of nitrogens with zero attached hydrogens (tertiary/aromatic N) is 1. The number of fused-ring (bicyclic) bond motifs is 1. The highest BCUT2D eigenvalue weighted by Gasteiger charge is 2.32. The zero-order valence-corrected chi connectivity index (χ0v) is 19.6. The minimum absolute atomic E-state index is 0.0842. The van der Waals surface area contributed by atoms with Crippen molar-refractivity contribution in [3.8, 4) is 17.2 Å². The maximum absolute atomic E-state index is 12.6. The van der Waals surface area contributed by atoms with Crippen molar-refractivity contribution < 1.29 is 35.8 Å². The first-order valence-corrected chi connectivity index (χ1v) is 12.6. The van der Waals surface area contributed by atoms with Gasteiger partial charge in [0.15, 0.2) is 11.5 Å². The molecule has 0 spiro atoms. The second-order valence-corrected chi connectivity index (χ2v) is 10.4. The second-order valence-electron chi connectivity index (χ2n) is 8.45. The molecule has 0 saturated carbocycles. The molecule has 2 N–H and O–H groups in total. The van der Waals surface area contributed by atoms with E-state index in [9.17, 15) is 21.6 Å². The number of ether oxygens (including phenoxy) is 3. The summed E-state index contributed by atoms with van der Waals surface area (Å²) in [4.78, 5) is 2.04. The van der Waals surface area contributed by atoms with E-state index in [1.54, 1.807) is 18.2 Å². The third-order valence-corrected chi connectivity index (χ3v) is 7.12. The van der Waals surface area contributed by atoms with Crippen LogP contribution in [-0.4, -0.2) is 52.0 Å². The highest BCUT2D eigenvalue weighted by Crippen LogP contribution is 2.35. The van der Waals surface area contributed by atoms with Gasteiger partial charge in [0.1, 0.15) is 18.5 Å². The Kier molecular flexibility index (Phi) is 7.18. The van der Waals surface area contributed by atoms with Gasteiger partial charge in [-0.25, -0.2) is 13.6 Å². The average molecular weight is 521 g/mol. The van der Waals surface area contributed by atoms with Gasteiger partial charge < -0.3 is 14.2 Å². The Morgan fingerprint density at radius 3 is 2.53 bits per heavy atom. The number of piperidine rings is 1. The normalized spacial score (nSPS) is 19.7. The lowest BCUT2D eigenvalue weighted by Crippen LogP contribution is -2.44. The van der Waals surface area contributed by atoms with E-state index in [2.05, 4.69) is 9.64 Å². The van der Waals surface area contributed by atoms with Crippen LogP contribution in [-0.2, 0) is 16.4 Å². The van der Waals surface area contributed by atoms with E-state index >= 15 is 0 Å². The molecule has 1 atom stereocenters. The second kappa shape index (κ2) is 9.80. The first-order valence-electron chi connectivity index (χ1n) is 10.7. The number of hydrogen-bond donors (Lipinski definition) is 1. The van der Waals surface area contributed by atoms with Gasteiger partial charge in [0.25, 0.3) is 0 Å². The van der Waals surface area contributed by atoms with Crippen molar-refractivity contribution in [1.29, 1.82) is 0 Å². The molecule has 2 aliphatic rings. The SMILES string of the molecule is NS(=O)(=O)c1ccc(OC(F)(F)F)cc1CC1CCN(CC2COc3ccc(Cl)cc3O2)CC1. The molecule has 0 radical (unpaired) electrons. The minimum Gasteiger partial charge on any atom is -0.486 e. The Morgan fingerprint density at radius 1 is 1.12 bits per heavy atom. The van der Waals surface area contributed by atoms with Gasteiger partial charge in [0.05, 0.1) is 4.90 Å². The van der Waals surface area contributed by atoms with E-state index in [1.165, 1.54) is 0 Å². The zero-order valence-electron chi connectivity index (χ0n) is 18.1. The number of likely N-dealkylation sites (tertiary alicyclic amines) is 1. The predicted octanol–water partition coefficient (Wildman–Crippen LogP) is 3.98. The van der Waals surface area contributed by atoms with Crippen molar-refractivity contribution in [3.05, 3.63) is 47.0 Å². The van der Waals surface area contributed by atoms with Crippen LogP contribution in [0.1, 0.15) is 18.4 Å².